The topological polar surface area (TPSA) is 106 Å². The number of aromatic nitrogens is 1. The summed E-state index contributed by atoms with van der Waals surface area (Å²) in [5, 5.41) is 0.358. The number of hydrogen-bond acceptors (Lipinski definition) is 7. The molecule has 2 aromatic carbocycles. The first-order valence-electron chi connectivity index (χ1n) is 12.1. The Morgan fingerprint density at radius 2 is 1.81 bits per heavy atom. The summed E-state index contributed by atoms with van der Waals surface area (Å²) >= 11 is 1.32. The third kappa shape index (κ3) is 6.26. The normalized spacial score (nSPS) is 12.8. The van der Waals surface area contributed by atoms with Crippen LogP contribution in [0.15, 0.2) is 63.4 Å². The van der Waals surface area contributed by atoms with E-state index in [0.717, 1.165) is 39.3 Å². The van der Waals surface area contributed by atoms with Crippen LogP contribution >= 0.6 is 11.8 Å². The van der Waals surface area contributed by atoms with Crippen molar-refractivity contribution in [2.24, 2.45) is 0 Å². The molecule has 1 atom stereocenters. The Bertz CT molecular complexity index is 1470. The maximum atomic E-state index is 12.8. The Morgan fingerprint density at radius 3 is 2.49 bits per heavy atom. The van der Waals surface area contributed by atoms with Gasteiger partial charge in [-0.3, -0.25) is 4.79 Å². The molecule has 0 radical (unpaired) electrons. The van der Waals surface area contributed by atoms with Crippen LogP contribution in [0.25, 0.3) is 22.4 Å². The maximum Gasteiger partial charge on any atom is 0.303 e. The van der Waals surface area contributed by atoms with Crippen molar-refractivity contribution in [1.82, 2.24) is 14.0 Å². The molecule has 0 fully saturated rings. The molecule has 0 saturated carbocycles. The Labute approximate surface area is 221 Å². The molecule has 0 saturated heterocycles. The van der Waals surface area contributed by atoms with Crippen molar-refractivity contribution in [3.05, 3.63) is 77.4 Å². The zero-order chi connectivity index (χ0) is 26.6. The van der Waals surface area contributed by atoms with Gasteiger partial charge in [0.05, 0.1) is 17.4 Å². The summed E-state index contributed by atoms with van der Waals surface area (Å²) in [7, 11) is -3.86. The van der Waals surface area contributed by atoms with Gasteiger partial charge in [0.1, 0.15) is 17.1 Å². The number of oxazole rings is 1. The Hall–Kier alpha value is -3.08. The Morgan fingerprint density at radius 1 is 1.08 bits per heavy atom. The van der Waals surface area contributed by atoms with Crippen molar-refractivity contribution < 1.29 is 22.0 Å². The van der Waals surface area contributed by atoms with Crippen LogP contribution in [-0.4, -0.2) is 48.2 Å². The summed E-state index contributed by atoms with van der Waals surface area (Å²) in [5.74, 6) is 1.56. The summed E-state index contributed by atoms with van der Waals surface area (Å²) in [6, 6.07) is 17.5. The van der Waals surface area contributed by atoms with Crippen molar-refractivity contribution in [1.29, 1.82) is 0 Å². The smallest absolute Gasteiger partial charge is 0.303 e. The van der Waals surface area contributed by atoms with E-state index in [1.54, 1.807) is 20.1 Å². The van der Waals surface area contributed by atoms with Gasteiger partial charge >= 0.3 is 10.2 Å². The minimum absolute atomic E-state index is 0.296. The van der Waals surface area contributed by atoms with Crippen LogP contribution in [0, 0.1) is 6.92 Å². The monoisotopic (exact) mass is 541 g/mol. The van der Waals surface area contributed by atoms with Crippen LogP contribution in [0.1, 0.15) is 36.6 Å². The minimum Gasteiger partial charge on any atom is -0.461 e. The number of fused-ring (bicyclic) bond motifs is 1. The standard InChI is InChI=1S/C27H31N3O5S2/c1-5-30(6-2)37(32,33)29-26(31)25(36-4)15-19-12-13-24-21(14-19)16-22(35-24)17-23-18(3)34-27(28-23)20-10-8-7-9-11-20/h7-14,16,25H,5-6,15,17H2,1-4H3,(H,29,31). The van der Waals surface area contributed by atoms with Gasteiger partial charge in [0, 0.05) is 24.0 Å². The molecule has 4 rings (SSSR count). The van der Waals surface area contributed by atoms with E-state index in [2.05, 4.69) is 9.71 Å². The molecule has 0 aliphatic carbocycles. The van der Waals surface area contributed by atoms with Gasteiger partial charge in [0.15, 0.2) is 0 Å². The minimum atomic E-state index is -3.86. The molecule has 0 aliphatic rings. The van der Waals surface area contributed by atoms with Crippen molar-refractivity contribution >= 4 is 38.8 Å². The highest BCUT2D eigenvalue weighted by Gasteiger charge is 2.26. The molecule has 2 aromatic heterocycles. The highest BCUT2D eigenvalue weighted by molar-refractivity contribution is 8.00. The van der Waals surface area contributed by atoms with E-state index < -0.39 is 21.4 Å². The van der Waals surface area contributed by atoms with Gasteiger partial charge < -0.3 is 8.83 Å². The fraction of sp³-hybridized carbons (Fsp3) is 0.333. The second kappa shape index (κ2) is 11.5. The van der Waals surface area contributed by atoms with Crippen LogP contribution < -0.4 is 4.72 Å². The largest absolute Gasteiger partial charge is 0.461 e. The van der Waals surface area contributed by atoms with Gasteiger partial charge in [-0.1, -0.05) is 38.1 Å². The van der Waals surface area contributed by atoms with E-state index in [9.17, 15) is 13.2 Å². The van der Waals surface area contributed by atoms with Crippen molar-refractivity contribution in [2.75, 3.05) is 19.3 Å². The lowest BCUT2D eigenvalue weighted by Gasteiger charge is -2.21. The molecule has 8 nitrogen and oxygen atoms in total. The third-order valence-electron chi connectivity index (χ3n) is 6.16. The first-order chi connectivity index (χ1) is 17.7. The first kappa shape index (κ1) is 27.0. The average Bonchev–Trinajstić information content (AvgIpc) is 3.45. The molecule has 0 aliphatic heterocycles. The second-order valence-corrected chi connectivity index (χ2v) is 11.3. The molecule has 1 amide bonds. The molecule has 2 heterocycles. The van der Waals surface area contributed by atoms with Gasteiger partial charge in [-0.2, -0.15) is 24.5 Å². The fourth-order valence-electron chi connectivity index (χ4n) is 4.14. The third-order valence-corrected chi connectivity index (χ3v) is 8.76. The first-order valence-corrected chi connectivity index (χ1v) is 14.8. The summed E-state index contributed by atoms with van der Waals surface area (Å²) in [6.45, 7) is 5.96. The summed E-state index contributed by atoms with van der Waals surface area (Å²) in [5.41, 5.74) is 3.38. The number of aryl methyl sites for hydroxylation is 1. The lowest BCUT2D eigenvalue weighted by atomic mass is 10.1. The predicted molar refractivity (Wildman–Crippen MR) is 147 cm³/mol. The van der Waals surface area contributed by atoms with Crippen LogP contribution in [0.3, 0.4) is 0 Å². The van der Waals surface area contributed by atoms with Crippen LogP contribution in [-0.2, 0) is 27.8 Å². The molecule has 1 N–H and O–H groups in total. The van der Waals surface area contributed by atoms with Crippen LogP contribution in [0.2, 0.25) is 0 Å². The van der Waals surface area contributed by atoms with Crippen LogP contribution in [0.5, 0.6) is 0 Å². The SMILES string of the molecule is CCN(CC)S(=O)(=O)NC(=O)C(Cc1ccc2oc(Cc3nc(-c4ccccc4)oc3C)cc2c1)SC. The lowest BCUT2D eigenvalue weighted by molar-refractivity contribution is -0.118. The fourth-order valence-corrected chi connectivity index (χ4v) is 6.05. The second-order valence-electron chi connectivity index (χ2n) is 8.63. The van der Waals surface area contributed by atoms with Crippen molar-refractivity contribution in [3.8, 4) is 11.5 Å². The number of nitrogens with zero attached hydrogens (tertiary/aromatic N) is 2. The number of nitrogens with one attached hydrogen (secondary N) is 1. The number of benzene rings is 2. The summed E-state index contributed by atoms with van der Waals surface area (Å²) in [4.78, 5) is 17.4. The predicted octanol–water partition coefficient (Wildman–Crippen LogP) is 4.96. The molecule has 4 aromatic rings. The highest BCUT2D eigenvalue weighted by Crippen LogP contribution is 2.27. The molecule has 196 valence electrons. The van der Waals surface area contributed by atoms with E-state index in [0.29, 0.717) is 31.8 Å². The average molecular weight is 542 g/mol. The molecule has 0 spiro atoms. The van der Waals surface area contributed by atoms with E-state index in [1.165, 1.54) is 16.1 Å². The van der Waals surface area contributed by atoms with Gasteiger partial charge in [0.25, 0.3) is 0 Å². The van der Waals surface area contributed by atoms with Gasteiger partial charge in [0.2, 0.25) is 11.8 Å². The van der Waals surface area contributed by atoms with E-state index in [4.69, 9.17) is 8.83 Å². The van der Waals surface area contributed by atoms with Gasteiger partial charge in [-0.15, -0.1) is 0 Å². The zero-order valence-corrected chi connectivity index (χ0v) is 23.0. The number of rotatable bonds is 11. The number of furan rings is 1. The summed E-state index contributed by atoms with van der Waals surface area (Å²) < 4.78 is 40.3. The molecular formula is C27H31N3O5S2. The van der Waals surface area contributed by atoms with Crippen molar-refractivity contribution in [2.45, 2.75) is 38.9 Å². The van der Waals surface area contributed by atoms with Gasteiger partial charge in [-0.05, 0) is 55.5 Å². The Kier molecular flexibility index (Phi) is 8.41. The molecule has 10 heteroatoms. The van der Waals surface area contributed by atoms with E-state index in [-0.39, 0.29) is 0 Å². The maximum absolute atomic E-state index is 12.8. The Balaban J connectivity index is 1.48. The number of amides is 1. The number of carbonyl (C=O) groups excluding carboxylic acids is 1. The molecule has 37 heavy (non-hydrogen) atoms. The molecule has 1 unspecified atom stereocenters. The quantitative estimate of drug-likeness (QED) is 0.286. The van der Waals surface area contributed by atoms with E-state index in [1.807, 2.05) is 61.5 Å². The lowest BCUT2D eigenvalue weighted by Crippen LogP contribution is -2.46. The molecular weight excluding hydrogens is 510 g/mol. The number of carbonyl (C=O) groups is 1. The van der Waals surface area contributed by atoms with Gasteiger partial charge in [-0.25, -0.2) is 9.71 Å². The highest BCUT2D eigenvalue weighted by atomic mass is 32.2. The number of hydrogen-bond donors (Lipinski definition) is 1. The molecule has 0 bridgehead atoms. The van der Waals surface area contributed by atoms with E-state index >= 15 is 0 Å². The van der Waals surface area contributed by atoms with Crippen LogP contribution in [0.4, 0.5) is 0 Å². The van der Waals surface area contributed by atoms with Crippen molar-refractivity contribution in [3.63, 3.8) is 0 Å². The number of thioether (sulfide) groups is 1. The zero-order valence-electron chi connectivity index (χ0n) is 21.4. The summed E-state index contributed by atoms with van der Waals surface area (Å²) in [6.07, 6.45) is 2.68.